The fourth-order valence-corrected chi connectivity index (χ4v) is 2.62. The molecule has 2 aromatic rings. The van der Waals surface area contributed by atoms with Crippen LogP contribution in [0.5, 0.6) is 5.88 Å². The number of aromatic nitrogens is 4. The Labute approximate surface area is 138 Å². The molecule has 0 atom stereocenters. The molecule has 1 N–H and O–H groups in total. The van der Waals surface area contributed by atoms with Crippen molar-refractivity contribution in [3.8, 4) is 5.88 Å². The number of aryl methyl sites for hydroxylation is 2. The number of nitrogens with one attached hydrogen (secondary N) is 1. The Kier molecular flexibility index (Phi) is 6.50. The van der Waals surface area contributed by atoms with E-state index in [1.165, 1.54) is 17.8 Å². The average molecular weight is 319 g/mol. The van der Waals surface area contributed by atoms with Gasteiger partial charge in [0.05, 0.1) is 19.0 Å². The van der Waals surface area contributed by atoms with Crippen LogP contribution in [0, 0.1) is 0 Å². The molecule has 0 aliphatic carbocycles. The fourth-order valence-electron chi connectivity index (χ4n) is 2.62. The molecule has 2 aromatic heterocycles. The molecule has 0 bridgehead atoms. The average Bonchev–Trinajstić information content (AvgIpc) is 3.24. The Morgan fingerprint density at radius 1 is 1.13 bits per heavy atom. The standard InChI is InChI=1S/C9H15N3.C6H8N2O.C2H6/c1-7(2)8-6-11-12-5-3-4-10-9(8)12;1-4-8-6(9-5-1)2-3-7-8;1-2/h6-7,10H,3-5H2,1-2H3;2-3H,1,4-5H2;1-2H3. The van der Waals surface area contributed by atoms with Crippen LogP contribution >= 0.6 is 0 Å². The highest BCUT2D eigenvalue weighted by Gasteiger charge is 2.15. The van der Waals surface area contributed by atoms with Gasteiger partial charge in [0.15, 0.2) is 0 Å². The lowest BCUT2D eigenvalue weighted by Crippen LogP contribution is -2.18. The van der Waals surface area contributed by atoms with Gasteiger partial charge in [-0.2, -0.15) is 10.2 Å². The lowest BCUT2D eigenvalue weighted by Gasteiger charge is -2.17. The molecule has 128 valence electrons. The van der Waals surface area contributed by atoms with Crippen LogP contribution < -0.4 is 10.1 Å². The molecule has 23 heavy (non-hydrogen) atoms. The number of fused-ring (bicyclic) bond motifs is 2. The maximum Gasteiger partial charge on any atom is 0.211 e. The van der Waals surface area contributed by atoms with Crippen LogP contribution in [0.15, 0.2) is 18.5 Å². The van der Waals surface area contributed by atoms with Crippen molar-refractivity contribution in [3.05, 3.63) is 24.0 Å². The van der Waals surface area contributed by atoms with Gasteiger partial charge in [-0.3, -0.25) is 0 Å². The second-order valence-electron chi connectivity index (χ2n) is 5.70. The highest BCUT2D eigenvalue weighted by Crippen LogP contribution is 2.25. The minimum absolute atomic E-state index is 0.569. The summed E-state index contributed by atoms with van der Waals surface area (Å²) in [5, 5.41) is 11.8. The van der Waals surface area contributed by atoms with Crippen molar-refractivity contribution in [2.75, 3.05) is 18.5 Å². The van der Waals surface area contributed by atoms with Gasteiger partial charge >= 0.3 is 0 Å². The number of hydrogen-bond donors (Lipinski definition) is 1. The van der Waals surface area contributed by atoms with E-state index in [1.807, 2.05) is 30.8 Å². The van der Waals surface area contributed by atoms with Crippen LogP contribution in [-0.4, -0.2) is 32.7 Å². The maximum atomic E-state index is 5.26. The Bertz CT molecular complexity index is 567. The topological polar surface area (TPSA) is 56.9 Å². The van der Waals surface area contributed by atoms with E-state index < -0.39 is 0 Å². The molecule has 6 nitrogen and oxygen atoms in total. The van der Waals surface area contributed by atoms with Crippen LogP contribution in [-0.2, 0) is 13.1 Å². The van der Waals surface area contributed by atoms with Crippen molar-refractivity contribution in [2.45, 2.75) is 59.5 Å². The van der Waals surface area contributed by atoms with Crippen molar-refractivity contribution in [1.29, 1.82) is 0 Å². The Hall–Kier alpha value is -1.98. The molecule has 4 heterocycles. The van der Waals surface area contributed by atoms with Gasteiger partial charge < -0.3 is 10.1 Å². The van der Waals surface area contributed by atoms with Crippen molar-refractivity contribution in [2.24, 2.45) is 0 Å². The summed E-state index contributed by atoms with van der Waals surface area (Å²) < 4.78 is 9.21. The molecule has 2 aliphatic rings. The quantitative estimate of drug-likeness (QED) is 0.874. The summed E-state index contributed by atoms with van der Waals surface area (Å²) in [6, 6.07) is 1.89. The Balaban J connectivity index is 0.000000155. The predicted molar refractivity (Wildman–Crippen MR) is 93.1 cm³/mol. The molecule has 0 amide bonds. The minimum atomic E-state index is 0.569. The lowest BCUT2D eigenvalue weighted by atomic mass is 10.1. The van der Waals surface area contributed by atoms with Crippen LogP contribution in [0.1, 0.15) is 52.0 Å². The van der Waals surface area contributed by atoms with Gasteiger partial charge in [0.1, 0.15) is 5.82 Å². The van der Waals surface area contributed by atoms with Crippen molar-refractivity contribution in [3.63, 3.8) is 0 Å². The molecule has 2 aliphatic heterocycles. The first kappa shape index (κ1) is 17.4. The van der Waals surface area contributed by atoms with E-state index in [2.05, 4.69) is 34.0 Å². The highest BCUT2D eigenvalue weighted by molar-refractivity contribution is 5.46. The molecule has 0 radical (unpaired) electrons. The van der Waals surface area contributed by atoms with Gasteiger partial charge in [0.2, 0.25) is 5.88 Å². The van der Waals surface area contributed by atoms with Gasteiger partial charge in [-0.25, -0.2) is 9.36 Å². The number of hydrogen-bond acceptors (Lipinski definition) is 4. The van der Waals surface area contributed by atoms with E-state index >= 15 is 0 Å². The summed E-state index contributed by atoms with van der Waals surface area (Å²) in [6.07, 6.45) is 6.01. The smallest absolute Gasteiger partial charge is 0.211 e. The van der Waals surface area contributed by atoms with Crippen LogP contribution in [0.25, 0.3) is 0 Å². The van der Waals surface area contributed by atoms with Crippen molar-refractivity contribution >= 4 is 5.82 Å². The SMILES string of the molecule is CC.CC(C)c1cnn2c1NCCC2.c1cc2n(n1)CCCO2. The van der Waals surface area contributed by atoms with E-state index in [-0.39, 0.29) is 0 Å². The summed E-state index contributed by atoms with van der Waals surface area (Å²) in [7, 11) is 0. The third-order valence-electron chi connectivity index (χ3n) is 3.77. The molecule has 4 rings (SSSR count). The molecule has 0 saturated heterocycles. The molecule has 0 saturated carbocycles. The zero-order chi connectivity index (χ0) is 16.7. The maximum absolute atomic E-state index is 5.26. The number of nitrogens with zero attached hydrogens (tertiary/aromatic N) is 4. The van der Waals surface area contributed by atoms with E-state index in [9.17, 15) is 0 Å². The molecular formula is C17H29N5O. The highest BCUT2D eigenvalue weighted by atomic mass is 16.5. The molecule has 6 heteroatoms. The molecule has 0 spiro atoms. The zero-order valence-electron chi connectivity index (χ0n) is 14.7. The number of anilines is 1. The van der Waals surface area contributed by atoms with Gasteiger partial charge in [-0.05, 0) is 12.3 Å². The van der Waals surface area contributed by atoms with Gasteiger partial charge in [0, 0.05) is 37.7 Å². The summed E-state index contributed by atoms with van der Waals surface area (Å²) in [6.45, 7) is 12.4. The van der Waals surface area contributed by atoms with Crippen LogP contribution in [0.3, 0.4) is 0 Å². The third-order valence-corrected chi connectivity index (χ3v) is 3.77. The second-order valence-corrected chi connectivity index (χ2v) is 5.70. The lowest BCUT2D eigenvalue weighted by molar-refractivity contribution is 0.230. The predicted octanol–water partition coefficient (Wildman–Crippen LogP) is 3.51. The Morgan fingerprint density at radius 2 is 1.91 bits per heavy atom. The molecular weight excluding hydrogens is 290 g/mol. The summed E-state index contributed by atoms with van der Waals surface area (Å²) >= 11 is 0. The van der Waals surface area contributed by atoms with E-state index in [1.54, 1.807) is 6.20 Å². The Morgan fingerprint density at radius 3 is 2.65 bits per heavy atom. The summed E-state index contributed by atoms with van der Waals surface area (Å²) in [5.74, 6) is 2.71. The minimum Gasteiger partial charge on any atom is -0.478 e. The van der Waals surface area contributed by atoms with E-state index in [0.29, 0.717) is 5.92 Å². The number of rotatable bonds is 1. The van der Waals surface area contributed by atoms with Gasteiger partial charge in [0.25, 0.3) is 0 Å². The zero-order valence-corrected chi connectivity index (χ0v) is 14.7. The third kappa shape index (κ3) is 4.27. The number of ether oxygens (including phenoxy) is 1. The monoisotopic (exact) mass is 319 g/mol. The first-order valence-corrected chi connectivity index (χ1v) is 8.70. The van der Waals surface area contributed by atoms with Gasteiger partial charge in [-0.1, -0.05) is 27.7 Å². The van der Waals surface area contributed by atoms with Gasteiger partial charge in [-0.15, -0.1) is 0 Å². The molecule has 0 aromatic carbocycles. The largest absolute Gasteiger partial charge is 0.478 e. The van der Waals surface area contributed by atoms with E-state index in [4.69, 9.17) is 4.74 Å². The summed E-state index contributed by atoms with van der Waals surface area (Å²) in [5.41, 5.74) is 1.34. The first-order chi connectivity index (χ1) is 11.3. The van der Waals surface area contributed by atoms with Crippen molar-refractivity contribution < 1.29 is 4.74 Å². The van der Waals surface area contributed by atoms with Crippen LogP contribution in [0.2, 0.25) is 0 Å². The normalized spacial score (nSPS) is 15.0. The second kappa shape index (κ2) is 8.60. The fraction of sp³-hybridized carbons (Fsp3) is 0.647. The van der Waals surface area contributed by atoms with E-state index in [0.717, 1.165) is 38.5 Å². The van der Waals surface area contributed by atoms with Crippen molar-refractivity contribution in [1.82, 2.24) is 19.6 Å². The summed E-state index contributed by atoms with van der Waals surface area (Å²) in [4.78, 5) is 0. The molecule has 0 fully saturated rings. The van der Waals surface area contributed by atoms with Crippen LogP contribution in [0.4, 0.5) is 5.82 Å². The molecule has 0 unspecified atom stereocenters. The first-order valence-electron chi connectivity index (χ1n) is 8.70.